The van der Waals surface area contributed by atoms with Gasteiger partial charge >= 0.3 is 0 Å². The fourth-order valence-electron chi connectivity index (χ4n) is 2.34. The number of halogens is 2. The second-order valence-corrected chi connectivity index (χ2v) is 5.11. The third kappa shape index (κ3) is 3.02. The van der Waals surface area contributed by atoms with Crippen LogP contribution >= 0.6 is 0 Å². The molecule has 0 radical (unpaired) electrons. The van der Waals surface area contributed by atoms with E-state index in [0.29, 0.717) is 12.0 Å². The zero-order valence-corrected chi connectivity index (χ0v) is 12.5. The molecule has 0 aliphatic carbocycles. The molecule has 0 aromatic heterocycles. The summed E-state index contributed by atoms with van der Waals surface area (Å²) in [5, 5.41) is 0. The number of hydrogen-bond acceptors (Lipinski definition) is 1. The number of carbonyl (C=O) groups is 1. The van der Waals surface area contributed by atoms with Gasteiger partial charge in [-0.15, -0.1) is 0 Å². The molecule has 0 atom stereocenters. The molecule has 2 aromatic carbocycles. The Kier molecular flexibility index (Phi) is 4.51. The lowest BCUT2D eigenvalue weighted by atomic mass is 9.93. The molecular formula is C18H18F2O. The number of aryl methyl sites for hydroxylation is 3. The molecule has 0 amide bonds. The van der Waals surface area contributed by atoms with Crippen LogP contribution in [0, 0.1) is 18.6 Å². The van der Waals surface area contributed by atoms with Crippen LogP contribution in [0.2, 0.25) is 0 Å². The summed E-state index contributed by atoms with van der Waals surface area (Å²) < 4.78 is 27.3. The fraction of sp³-hybridized carbons (Fsp3) is 0.278. The zero-order valence-electron chi connectivity index (χ0n) is 12.5. The molecule has 0 spiro atoms. The van der Waals surface area contributed by atoms with E-state index in [1.165, 1.54) is 13.0 Å². The molecule has 0 saturated heterocycles. The minimum atomic E-state index is -0.813. The molecular weight excluding hydrogens is 270 g/mol. The van der Waals surface area contributed by atoms with Crippen LogP contribution in [0.15, 0.2) is 30.3 Å². The Labute approximate surface area is 123 Å². The average Bonchev–Trinajstić information content (AvgIpc) is 2.49. The van der Waals surface area contributed by atoms with Crippen LogP contribution in [0.4, 0.5) is 8.78 Å². The van der Waals surface area contributed by atoms with Crippen LogP contribution in [0.3, 0.4) is 0 Å². The van der Waals surface area contributed by atoms with Crippen LogP contribution in [-0.4, -0.2) is 5.78 Å². The van der Waals surface area contributed by atoms with Crippen molar-refractivity contribution < 1.29 is 13.6 Å². The van der Waals surface area contributed by atoms with Gasteiger partial charge in [0.25, 0.3) is 0 Å². The molecule has 0 heterocycles. The minimum Gasteiger partial charge on any atom is -0.288 e. The van der Waals surface area contributed by atoms with E-state index in [0.717, 1.165) is 23.6 Å². The fourth-order valence-corrected chi connectivity index (χ4v) is 2.34. The van der Waals surface area contributed by atoms with E-state index in [1.54, 1.807) is 6.07 Å². The quantitative estimate of drug-likeness (QED) is 0.750. The highest BCUT2D eigenvalue weighted by Gasteiger charge is 2.19. The van der Waals surface area contributed by atoms with E-state index >= 15 is 0 Å². The normalized spacial score (nSPS) is 10.7. The smallest absolute Gasteiger partial charge is 0.196 e. The summed E-state index contributed by atoms with van der Waals surface area (Å²) in [5.41, 5.74) is 2.59. The highest BCUT2D eigenvalue weighted by Crippen LogP contribution is 2.22. The summed E-state index contributed by atoms with van der Waals surface area (Å²) in [6, 6.07) is 7.74. The predicted molar refractivity (Wildman–Crippen MR) is 79.7 cm³/mol. The SMILES string of the molecule is CCc1ccc(CC)c(C(=O)c2cc(C)c(F)cc2F)c1. The van der Waals surface area contributed by atoms with Crippen molar-refractivity contribution in [3.8, 4) is 0 Å². The summed E-state index contributed by atoms with van der Waals surface area (Å²) in [4.78, 5) is 12.6. The lowest BCUT2D eigenvalue weighted by molar-refractivity contribution is 0.103. The number of rotatable bonds is 4. The lowest BCUT2D eigenvalue weighted by Gasteiger charge is -2.11. The molecule has 0 saturated carbocycles. The monoisotopic (exact) mass is 288 g/mol. The van der Waals surface area contributed by atoms with Crippen molar-refractivity contribution >= 4 is 5.78 Å². The van der Waals surface area contributed by atoms with Crippen molar-refractivity contribution in [2.45, 2.75) is 33.6 Å². The second kappa shape index (κ2) is 6.17. The van der Waals surface area contributed by atoms with Crippen molar-refractivity contribution in [1.29, 1.82) is 0 Å². The minimum absolute atomic E-state index is 0.0724. The van der Waals surface area contributed by atoms with Gasteiger partial charge in [0.1, 0.15) is 11.6 Å². The molecule has 0 aliphatic rings. The molecule has 0 fully saturated rings. The third-order valence-electron chi connectivity index (χ3n) is 3.70. The summed E-state index contributed by atoms with van der Waals surface area (Å²) in [5.74, 6) is -1.84. The maximum atomic E-state index is 13.9. The predicted octanol–water partition coefficient (Wildman–Crippen LogP) is 4.63. The lowest BCUT2D eigenvalue weighted by Crippen LogP contribution is -2.09. The van der Waals surface area contributed by atoms with Gasteiger partial charge in [-0.05, 0) is 48.6 Å². The molecule has 0 aliphatic heterocycles. The summed E-state index contributed by atoms with van der Waals surface area (Å²) in [6.45, 7) is 5.47. The summed E-state index contributed by atoms with van der Waals surface area (Å²) in [6.07, 6.45) is 1.49. The molecule has 110 valence electrons. The van der Waals surface area contributed by atoms with Crippen LogP contribution in [0.1, 0.15) is 46.5 Å². The van der Waals surface area contributed by atoms with Crippen molar-refractivity contribution in [1.82, 2.24) is 0 Å². The topological polar surface area (TPSA) is 17.1 Å². The average molecular weight is 288 g/mol. The first-order valence-electron chi connectivity index (χ1n) is 7.10. The van der Waals surface area contributed by atoms with Gasteiger partial charge < -0.3 is 0 Å². The number of ketones is 1. The van der Waals surface area contributed by atoms with Crippen LogP contribution in [0.5, 0.6) is 0 Å². The highest BCUT2D eigenvalue weighted by molar-refractivity contribution is 6.10. The molecule has 1 nitrogen and oxygen atoms in total. The molecule has 2 aromatic rings. The van der Waals surface area contributed by atoms with Crippen LogP contribution in [0.25, 0.3) is 0 Å². The first kappa shape index (κ1) is 15.4. The van der Waals surface area contributed by atoms with Gasteiger partial charge in [-0.3, -0.25) is 4.79 Å². The maximum absolute atomic E-state index is 13.9. The molecule has 0 unspecified atom stereocenters. The highest BCUT2D eigenvalue weighted by atomic mass is 19.1. The van der Waals surface area contributed by atoms with Crippen molar-refractivity contribution in [3.63, 3.8) is 0 Å². The Hall–Kier alpha value is -2.03. The molecule has 0 bridgehead atoms. The maximum Gasteiger partial charge on any atom is 0.196 e. The zero-order chi connectivity index (χ0) is 15.6. The standard InChI is InChI=1S/C18H18F2O/c1-4-12-6-7-13(5-2)14(9-12)18(21)15-8-11(3)16(19)10-17(15)20/h6-10H,4-5H2,1-3H3. The third-order valence-corrected chi connectivity index (χ3v) is 3.70. The Morgan fingerprint density at radius 1 is 0.952 bits per heavy atom. The molecule has 2 rings (SSSR count). The number of benzene rings is 2. The van der Waals surface area contributed by atoms with E-state index < -0.39 is 11.6 Å². The Morgan fingerprint density at radius 2 is 1.67 bits per heavy atom. The largest absolute Gasteiger partial charge is 0.288 e. The van der Waals surface area contributed by atoms with Crippen molar-refractivity contribution in [2.75, 3.05) is 0 Å². The first-order valence-corrected chi connectivity index (χ1v) is 7.10. The van der Waals surface area contributed by atoms with E-state index in [2.05, 4.69) is 0 Å². The molecule has 21 heavy (non-hydrogen) atoms. The van der Waals surface area contributed by atoms with Gasteiger partial charge in [-0.2, -0.15) is 0 Å². The Bertz CT molecular complexity index is 690. The Balaban J connectivity index is 2.56. The number of carbonyl (C=O) groups excluding carboxylic acids is 1. The summed E-state index contributed by atoms with van der Waals surface area (Å²) in [7, 11) is 0. The van der Waals surface area contributed by atoms with E-state index in [-0.39, 0.29) is 16.9 Å². The van der Waals surface area contributed by atoms with E-state index in [9.17, 15) is 13.6 Å². The van der Waals surface area contributed by atoms with Crippen molar-refractivity contribution in [3.05, 3.63) is 69.8 Å². The number of hydrogen-bond donors (Lipinski definition) is 0. The van der Waals surface area contributed by atoms with Gasteiger partial charge in [-0.25, -0.2) is 8.78 Å². The Morgan fingerprint density at radius 3 is 2.29 bits per heavy atom. The van der Waals surface area contributed by atoms with Gasteiger partial charge in [0.15, 0.2) is 5.78 Å². The van der Waals surface area contributed by atoms with Gasteiger partial charge in [0.2, 0.25) is 0 Å². The van der Waals surface area contributed by atoms with E-state index in [4.69, 9.17) is 0 Å². The molecule has 3 heteroatoms. The van der Waals surface area contributed by atoms with Crippen LogP contribution in [-0.2, 0) is 12.8 Å². The van der Waals surface area contributed by atoms with Gasteiger partial charge in [0.05, 0.1) is 5.56 Å². The molecule has 0 N–H and O–H groups in total. The van der Waals surface area contributed by atoms with Crippen molar-refractivity contribution in [2.24, 2.45) is 0 Å². The first-order chi connectivity index (χ1) is 9.97. The van der Waals surface area contributed by atoms with E-state index in [1.807, 2.05) is 26.0 Å². The summed E-state index contributed by atoms with van der Waals surface area (Å²) >= 11 is 0. The second-order valence-electron chi connectivity index (χ2n) is 5.11. The van der Waals surface area contributed by atoms with Gasteiger partial charge in [-0.1, -0.05) is 26.0 Å². The van der Waals surface area contributed by atoms with Gasteiger partial charge in [0, 0.05) is 11.6 Å². The van der Waals surface area contributed by atoms with Crippen LogP contribution < -0.4 is 0 Å².